The number of amides is 2. The molecule has 2 amide bonds. The van der Waals surface area contributed by atoms with Crippen molar-refractivity contribution in [2.45, 2.75) is 85.1 Å². The van der Waals surface area contributed by atoms with E-state index in [0.29, 0.717) is 6.42 Å². The Morgan fingerprint density at radius 1 is 0.970 bits per heavy atom. The minimum absolute atomic E-state index is 0.309. The fraction of sp³-hybridized carbons (Fsp3) is 0.652. The summed E-state index contributed by atoms with van der Waals surface area (Å²) in [6.07, 6.45) is -6.70. The summed E-state index contributed by atoms with van der Waals surface area (Å²) in [5.41, 5.74) is -0.541. The Bertz CT molecular complexity index is 775. The van der Waals surface area contributed by atoms with Gasteiger partial charge in [-0.05, 0) is 51.3 Å². The van der Waals surface area contributed by atoms with E-state index >= 15 is 0 Å². The minimum Gasteiger partial charge on any atom is -0.444 e. The normalized spacial score (nSPS) is 15.5. The standard InChI is InChI=1S/C23H37F3N2O4Si/c1-21(2,3)17(18(32-33(7)8)28-19(29)23(24,25)26)16(14-15-12-10-9-11-13-15)27-20(30)31-22(4,5)6/h9-13,16-18,33H,14H2,1-8H3,(H,27,30)(H,28,29)/t16-,17+,18?/m0/s1. The van der Waals surface area contributed by atoms with Gasteiger partial charge in [-0.3, -0.25) is 4.79 Å². The number of benzene rings is 1. The van der Waals surface area contributed by atoms with Gasteiger partial charge in [-0.25, -0.2) is 4.79 Å². The Morgan fingerprint density at radius 3 is 1.94 bits per heavy atom. The molecule has 6 nitrogen and oxygen atoms in total. The fourth-order valence-corrected chi connectivity index (χ4v) is 4.40. The predicted octanol–water partition coefficient (Wildman–Crippen LogP) is 4.79. The number of nitrogens with one attached hydrogen (secondary N) is 2. The van der Waals surface area contributed by atoms with Gasteiger partial charge in [0.25, 0.3) is 0 Å². The molecule has 0 aliphatic rings. The second kappa shape index (κ2) is 11.4. The van der Waals surface area contributed by atoms with Crippen LogP contribution in [-0.2, 0) is 20.4 Å². The number of rotatable bonds is 8. The minimum atomic E-state index is -5.06. The summed E-state index contributed by atoms with van der Waals surface area (Å²) >= 11 is 0. The molecular weight excluding hydrogens is 453 g/mol. The van der Waals surface area contributed by atoms with E-state index in [2.05, 4.69) is 5.32 Å². The number of ether oxygens (including phenoxy) is 1. The smallest absolute Gasteiger partial charge is 0.444 e. The maximum Gasteiger partial charge on any atom is 0.471 e. The molecular formula is C23H37F3N2O4Si. The van der Waals surface area contributed by atoms with Crippen LogP contribution in [0.2, 0.25) is 13.1 Å². The van der Waals surface area contributed by atoms with Crippen molar-refractivity contribution in [1.29, 1.82) is 0 Å². The van der Waals surface area contributed by atoms with Gasteiger partial charge in [-0.2, -0.15) is 13.2 Å². The first-order valence-electron chi connectivity index (χ1n) is 11.0. The van der Waals surface area contributed by atoms with Crippen molar-refractivity contribution in [2.75, 3.05) is 0 Å². The van der Waals surface area contributed by atoms with E-state index in [1.54, 1.807) is 33.9 Å². The Labute approximate surface area is 196 Å². The molecule has 0 aromatic heterocycles. The van der Waals surface area contributed by atoms with Crippen molar-refractivity contribution in [3.05, 3.63) is 35.9 Å². The topological polar surface area (TPSA) is 76.7 Å². The lowest BCUT2D eigenvalue weighted by atomic mass is 9.73. The molecule has 33 heavy (non-hydrogen) atoms. The van der Waals surface area contributed by atoms with E-state index < -0.39 is 56.4 Å². The molecule has 1 aromatic carbocycles. The highest BCUT2D eigenvalue weighted by molar-refractivity contribution is 6.48. The molecule has 188 valence electrons. The third-order valence-electron chi connectivity index (χ3n) is 4.71. The number of hydrogen-bond acceptors (Lipinski definition) is 4. The summed E-state index contributed by atoms with van der Waals surface area (Å²) in [6, 6.07) is 8.57. The lowest BCUT2D eigenvalue weighted by Gasteiger charge is -2.43. The number of alkyl halides is 3. The third kappa shape index (κ3) is 10.6. The van der Waals surface area contributed by atoms with Crippen molar-refractivity contribution in [1.82, 2.24) is 10.6 Å². The first-order chi connectivity index (χ1) is 14.9. The van der Waals surface area contributed by atoms with Crippen molar-refractivity contribution in [3.63, 3.8) is 0 Å². The molecule has 1 aromatic rings. The van der Waals surface area contributed by atoms with E-state index in [1.165, 1.54) is 0 Å². The Hall–Kier alpha value is -2.07. The summed E-state index contributed by atoms with van der Waals surface area (Å²) in [5, 5.41) is 4.88. The summed E-state index contributed by atoms with van der Waals surface area (Å²) < 4.78 is 50.7. The molecule has 0 heterocycles. The summed E-state index contributed by atoms with van der Waals surface area (Å²) in [5.74, 6) is -2.78. The zero-order chi connectivity index (χ0) is 25.6. The van der Waals surface area contributed by atoms with Gasteiger partial charge >= 0.3 is 18.2 Å². The van der Waals surface area contributed by atoms with Crippen molar-refractivity contribution in [2.24, 2.45) is 11.3 Å². The average molecular weight is 491 g/mol. The van der Waals surface area contributed by atoms with Gasteiger partial charge in [0.15, 0.2) is 9.04 Å². The summed E-state index contributed by atoms with van der Waals surface area (Å²) in [7, 11) is -1.89. The highest BCUT2D eigenvalue weighted by Crippen LogP contribution is 2.35. The lowest BCUT2D eigenvalue weighted by Crippen LogP contribution is -2.59. The zero-order valence-electron chi connectivity index (χ0n) is 20.7. The van der Waals surface area contributed by atoms with Crippen LogP contribution in [0.1, 0.15) is 47.1 Å². The van der Waals surface area contributed by atoms with Gasteiger partial charge < -0.3 is 19.8 Å². The van der Waals surface area contributed by atoms with Crippen molar-refractivity contribution >= 4 is 21.0 Å². The lowest BCUT2D eigenvalue weighted by molar-refractivity contribution is -0.178. The highest BCUT2D eigenvalue weighted by atomic mass is 28.3. The number of carbonyl (C=O) groups excluding carboxylic acids is 2. The maximum absolute atomic E-state index is 13.1. The van der Waals surface area contributed by atoms with Crippen LogP contribution in [0.5, 0.6) is 0 Å². The molecule has 10 heteroatoms. The van der Waals surface area contributed by atoms with Crippen LogP contribution in [0.4, 0.5) is 18.0 Å². The Balaban J connectivity index is 3.44. The largest absolute Gasteiger partial charge is 0.471 e. The molecule has 1 unspecified atom stereocenters. The van der Waals surface area contributed by atoms with Crippen LogP contribution in [0.15, 0.2) is 30.3 Å². The molecule has 2 N–H and O–H groups in total. The number of halogens is 3. The molecule has 0 aliphatic heterocycles. The van der Waals surface area contributed by atoms with E-state index in [1.807, 2.05) is 56.4 Å². The first-order valence-corrected chi connectivity index (χ1v) is 13.7. The molecule has 0 saturated carbocycles. The quantitative estimate of drug-likeness (QED) is 0.406. The second-order valence-electron chi connectivity index (χ2n) is 10.4. The van der Waals surface area contributed by atoms with Gasteiger partial charge in [0.1, 0.15) is 11.8 Å². The number of carbonyl (C=O) groups is 2. The highest BCUT2D eigenvalue weighted by Gasteiger charge is 2.46. The van der Waals surface area contributed by atoms with Crippen LogP contribution in [0, 0.1) is 11.3 Å². The summed E-state index contributed by atoms with van der Waals surface area (Å²) in [4.78, 5) is 24.6. The van der Waals surface area contributed by atoms with E-state index in [9.17, 15) is 22.8 Å². The molecule has 0 spiro atoms. The van der Waals surface area contributed by atoms with Gasteiger partial charge in [0.05, 0.1) is 0 Å². The van der Waals surface area contributed by atoms with Crippen LogP contribution >= 0.6 is 0 Å². The average Bonchev–Trinajstić information content (AvgIpc) is 2.58. The third-order valence-corrected chi connectivity index (χ3v) is 5.55. The van der Waals surface area contributed by atoms with Crippen molar-refractivity contribution in [3.8, 4) is 0 Å². The monoisotopic (exact) mass is 490 g/mol. The van der Waals surface area contributed by atoms with Crippen LogP contribution < -0.4 is 10.6 Å². The van der Waals surface area contributed by atoms with Crippen LogP contribution in [0.3, 0.4) is 0 Å². The van der Waals surface area contributed by atoms with Crippen LogP contribution in [-0.4, -0.2) is 45.1 Å². The van der Waals surface area contributed by atoms with Gasteiger partial charge in [0, 0.05) is 12.0 Å². The predicted molar refractivity (Wildman–Crippen MR) is 124 cm³/mol. The molecule has 0 radical (unpaired) electrons. The van der Waals surface area contributed by atoms with Gasteiger partial charge in [0.2, 0.25) is 0 Å². The number of alkyl carbamates (subject to hydrolysis) is 1. The van der Waals surface area contributed by atoms with E-state index in [-0.39, 0.29) is 0 Å². The molecule has 0 aliphatic carbocycles. The van der Waals surface area contributed by atoms with Gasteiger partial charge in [-0.1, -0.05) is 51.1 Å². The fourth-order valence-electron chi connectivity index (χ4n) is 3.58. The SMILES string of the molecule is C[SiH](C)OC(NC(=O)C(F)(F)F)[C@@H]([C@H](Cc1ccccc1)NC(=O)OC(C)(C)C)C(C)(C)C. The molecule has 0 bridgehead atoms. The van der Waals surface area contributed by atoms with Crippen molar-refractivity contribution < 1.29 is 31.9 Å². The number of hydrogen-bond donors (Lipinski definition) is 2. The zero-order valence-corrected chi connectivity index (χ0v) is 21.8. The molecule has 3 atom stereocenters. The second-order valence-corrected chi connectivity index (χ2v) is 12.8. The van der Waals surface area contributed by atoms with E-state index in [4.69, 9.17) is 9.16 Å². The Kier molecular flexibility index (Phi) is 9.98. The Morgan fingerprint density at radius 2 is 1.52 bits per heavy atom. The van der Waals surface area contributed by atoms with Gasteiger partial charge in [-0.15, -0.1) is 0 Å². The maximum atomic E-state index is 13.1. The molecule has 1 rings (SSSR count). The summed E-state index contributed by atoms with van der Waals surface area (Å²) in [6.45, 7) is 14.3. The molecule has 0 fully saturated rings. The van der Waals surface area contributed by atoms with E-state index in [0.717, 1.165) is 5.56 Å². The first kappa shape index (κ1) is 29.0. The molecule has 0 saturated heterocycles. The van der Waals surface area contributed by atoms with Crippen LogP contribution in [0.25, 0.3) is 0 Å².